The summed E-state index contributed by atoms with van der Waals surface area (Å²) in [5.41, 5.74) is 1.70. The summed E-state index contributed by atoms with van der Waals surface area (Å²) in [7, 11) is 3.17. The fourth-order valence-corrected chi connectivity index (χ4v) is 5.48. The molecule has 0 amide bonds. The molecule has 3 aromatic heterocycles. The molecule has 0 fully saturated rings. The van der Waals surface area contributed by atoms with Gasteiger partial charge < -0.3 is 14.5 Å². The predicted molar refractivity (Wildman–Crippen MR) is 152 cm³/mol. The monoisotopic (exact) mass is 544 g/mol. The molecule has 0 bridgehead atoms. The topological polar surface area (TPSA) is 98.2 Å². The van der Waals surface area contributed by atoms with E-state index in [0.717, 1.165) is 10.9 Å². The molecule has 5 aromatic rings. The normalized spacial score (nSPS) is 12.7. The zero-order valence-electron chi connectivity index (χ0n) is 22.7. The van der Waals surface area contributed by atoms with Gasteiger partial charge in [0.05, 0.1) is 25.3 Å². The molecule has 0 aliphatic carbocycles. The lowest BCUT2D eigenvalue weighted by atomic mass is 10.0. The third kappa shape index (κ3) is 5.57. The van der Waals surface area contributed by atoms with Gasteiger partial charge in [-0.25, -0.2) is 4.68 Å². The van der Waals surface area contributed by atoms with Gasteiger partial charge in [-0.1, -0.05) is 36.4 Å². The van der Waals surface area contributed by atoms with Crippen LogP contribution in [0.3, 0.4) is 0 Å². The van der Waals surface area contributed by atoms with Gasteiger partial charge >= 0.3 is 0 Å². The van der Waals surface area contributed by atoms with E-state index >= 15 is 0 Å². The van der Waals surface area contributed by atoms with Crippen molar-refractivity contribution >= 4 is 22.2 Å². The van der Waals surface area contributed by atoms with Crippen LogP contribution in [0, 0.1) is 0 Å². The highest BCUT2D eigenvalue weighted by molar-refractivity contribution is 7.09. The lowest BCUT2D eigenvalue weighted by Gasteiger charge is -2.32. The second-order valence-corrected chi connectivity index (χ2v) is 11.4. The molecule has 1 N–H and O–H groups in total. The number of pyridine rings is 1. The quantitative estimate of drug-likeness (QED) is 0.274. The first-order chi connectivity index (χ1) is 18.8. The van der Waals surface area contributed by atoms with E-state index < -0.39 is 11.6 Å². The molecule has 0 unspecified atom stereocenters. The Balaban J connectivity index is 1.74. The highest BCUT2D eigenvalue weighted by atomic mass is 32.1. The molecule has 0 radical (unpaired) electrons. The van der Waals surface area contributed by atoms with Crippen molar-refractivity contribution in [2.45, 2.75) is 45.4 Å². The average molecular weight is 545 g/mol. The number of hydrogen-bond donors (Lipinski definition) is 1. The standard InChI is InChI=1S/C29H32N6O3S/c1-29(2,3)35-27(31-32-33-35)26(34(18-21-12-9-13-39-21)17-19-10-7-6-8-11-19)22-14-20-15-24(37-4)25(38-5)16-23(20)30-28(22)36/h6-16,26H,17-18H2,1-5H3,(H,30,36)/t26-/m0/s1. The fraction of sp³-hybridized carbons (Fsp3) is 0.310. The Morgan fingerprint density at radius 2 is 1.74 bits per heavy atom. The Labute approximate surface area is 231 Å². The van der Waals surface area contributed by atoms with Crippen LogP contribution in [0.2, 0.25) is 0 Å². The van der Waals surface area contributed by atoms with E-state index in [0.29, 0.717) is 41.5 Å². The van der Waals surface area contributed by atoms with E-state index in [1.165, 1.54) is 4.88 Å². The number of nitrogens with zero attached hydrogens (tertiary/aromatic N) is 5. The van der Waals surface area contributed by atoms with Crippen LogP contribution in [0.5, 0.6) is 11.5 Å². The van der Waals surface area contributed by atoms with Crippen LogP contribution >= 0.6 is 11.3 Å². The number of fused-ring (bicyclic) bond motifs is 1. The summed E-state index contributed by atoms with van der Waals surface area (Å²) < 4.78 is 12.8. The summed E-state index contributed by atoms with van der Waals surface area (Å²) in [5, 5.41) is 15.8. The molecule has 0 saturated carbocycles. The second-order valence-electron chi connectivity index (χ2n) is 10.3. The van der Waals surface area contributed by atoms with Crippen LogP contribution in [0.15, 0.2) is 70.8 Å². The maximum absolute atomic E-state index is 13.8. The van der Waals surface area contributed by atoms with Crippen LogP contribution in [0.1, 0.15) is 48.6 Å². The molecule has 0 saturated heterocycles. The molecule has 5 rings (SSSR count). The van der Waals surface area contributed by atoms with Crippen molar-refractivity contribution in [3.05, 3.63) is 98.2 Å². The number of rotatable bonds is 9. The molecule has 0 aliphatic heterocycles. The molecule has 1 atom stereocenters. The largest absolute Gasteiger partial charge is 0.493 e. The molecular formula is C29H32N6O3S. The number of tetrazole rings is 1. The van der Waals surface area contributed by atoms with Crippen LogP contribution in [-0.2, 0) is 18.6 Å². The van der Waals surface area contributed by atoms with Gasteiger partial charge in [0.2, 0.25) is 0 Å². The number of aromatic nitrogens is 5. The Morgan fingerprint density at radius 1 is 1.00 bits per heavy atom. The highest BCUT2D eigenvalue weighted by Gasteiger charge is 2.34. The van der Waals surface area contributed by atoms with Gasteiger partial charge in [0.25, 0.3) is 5.56 Å². The third-order valence-corrected chi connectivity index (χ3v) is 7.44. The van der Waals surface area contributed by atoms with Crippen molar-refractivity contribution in [3.8, 4) is 11.5 Å². The van der Waals surface area contributed by atoms with Crippen LogP contribution in [-0.4, -0.2) is 44.3 Å². The van der Waals surface area contributed by atoms with Gasteiger partial charge in [0, 0.05) is 35.0 Å². The zero-order valence-corrected chi connectivity index (χ0v) is 23.5. The average Bonchev–Trinajstić information content (AvgIpc) is 3.61. The van der Waals surface area contributed by atoms with Gasteiger partial charge in [-0.3, -0.25) is 9.69 Å². The lowest BCUT2D eigenvalue weighted by Crippen LogP contribution is -2.37. The fourth-order valence-electron chi connectivity index (χ4n) is 4.75. The molecule has 39 heavy (non-hydrogen) atoms. The Kier molecular flexibility index (Phi) is 7.49. The summed E-state index contributed by atoms with van der Waals surface area (Å²) in [6.07, 6.45) is 0. The van der Waals surface area contributed by atoms with E-state index in [1.54, 1.807) is 31.6 Å². The lowest BCUT2D eigenvalue weighted by molar-refractivity contribution is 0.186. The highest BCUT2D eigenvalue weighted by Crippen LogP contribution is 2.35. The predicted octanol–water partition coefficient (Wildman–Crippen LogP) is 5.14. The summed E-state index contributed by atoms with van der Waals surface area (Å²) in [6, 6.07) is 19.4. The van der Waals surface area contributed by atoms with E-state index in [2.05, 4.69) is 49.0 Å². The van der Waals surface area contributed by atoms with E-state index in [-0.39, 0.29) is 5.56 Å². The van der Waals surface area contributed by atoms with Crippen LogP contribution in [0.4, 0.5) is 0 Å². The van der Waals surface area contributed by atoms with E-state index in [9.17, 15) is 4.79 Å². The number of nitrogens with one attached hydrogen (secondary N) is 1. The third-order valence-electron chi connectivity index (χ3n) is 6.58. The van der Waals surface area contributed by atoms with E-state index in [1.807, 2.05) is 61.9 Å². The number of ether oxygens (including phenoxy) is 2. The van der Waals surface area contributed by atoms with Crippen LogP contribution < -0.4 is 15.0 Å². The van der Waals surface area contributed by atoms with Crippen molar-refractivity contribution in [2.75, 3.05) is 14.2 Å². The molecule has 0 aliphatic rings. The minimum Gasteiger partial charge on any atom is -0.493 e. The van der Waals surface area contributed by atoms with Gasteiger partial charge in [-0.2, -0.15) is 0 Å². The molecule has 3 heterocycles. The minimum absolute atomic E-state index is 0.215. The molecule has 10 heteroatoms. The number of aromatic amines is 1. The Hall–Kier alpha value is -4.02. The van der Waals surface area contributed by atoms with Crippen molar-refractivity contribution in [2.24, 2.45) is 0 Å². The molecule has 9 nitrogen and oxygen atoms in total. The molecule has 0 spiro atoms. The number of H-pyrrole nitrogens is 1. The van der Waals surface area contributed by atoms with E-state index in [4.69, 9.17) is 9.47 Å². The van der Waals surface area contributed by atoms with Gasteiger partial charge in [0.15, 0.2) is 17.3 Å². The smallest absolute Gasteiger partial charge is 0.253 e. The van der Waals surface area contributed by atoms with Gasteiger partial charge in [-0.05, 0) is 60.3 Å². The summed E-state index contributed by atoms with van der Waals surface area (Å²) in [4.78, 5) is 20.3. The van der Waals surface area contributed by atoms with Crippen molar-refractivity contribution < 1.29 is 9.47 Å². The number of methoxy groups -OCH3 is 2. The van der Waals surface area contributed by atoms with Gasteiger partial charge in [-0.15, -0.1) is 16.4 Å². The van der Waals surface area contributed by atoms with Crippen LogP contribution in [0.25, 0.3) is 10.9 Å². The van der Waals surface area contributed by atoms with Crippen molar-refractivity contribution in [1.82, 2.24) is 30.1 Å². The maximum atomic E-state index is 13.8. The summed E-state index contributed by atoms with van der Waals surface area (Å²) in [6.45, 7) is 7.34. The first-order valence-electron chi connectivity index (χ1n) is 12.7. The molecular weight excluding hydrogens is 512 g/mol. The maximum Gasteiger partial charge on any atom is 0.253 e. The Bertz CT molecular complexity index is 1610. The summed E-state index contributed by atoms with van der Waals surface area (Å²) >= 11 is 1.68. The number of hydrogen-bond acceptors (Lipinski definition) is 8. The SMILES string of the molecule is COc1cc2cc([C@@H](c3nnnn3C(C)(C)C)N(Cc3ccccc3)Cc3cccs3)c(=O)[nH]c2cc1OC. The zero-order chi connectivity index (χ0) is 27.6. The first-order valence-corrected chi connectivity index (χ1v) is 13.5. The number of benzene rings is 2. The number of thiophene rings is 1. The molecule has 2 aromatic carbocycles. The molecule has 202 valence electrons. The summed E-state index contributed by atoms with van der Waals surface area (Å²) in [5.74, 6) is 1.73. The van der Waals surface area contributed by atoms with Crippen molar-refractivity contribution in [1.29, 1.82) is 0 Å². The van der Waals surface area contributed by atoms with Gasteiger partial charge in [0.1, 0.15) is 6.04 Å². The first kappa shape index (κ1) is 26.6. The second kappa shape index (κ2) is 11.0. The Morgan fingerprint density at radius 3 is 2.41 bits per heavy atom. The van der Waals surface area contributed by atoms with Crippen molar-refractivity contribution in [3.63, 3.8) is 0 Å². The minimum atomic E-state index is -0.539.